The van der Waals surface area contributed by atoms with Crippen LogP contribution in [-0.4, -0.2) is 41.5 Å². The number of nitrogens with one attached hydrogen (secondary N) is 1. The molecule has 1 spiro atoms. The average molecular weight is 249 g/mol. The molecular weight excluding hydrogens is 234 g/mol. The monoisotopic (exact) mass is 249 g/mol. The number of piperidine rings is 1. The van der Waals surface area contributed by atoms with E-state index >= 15 is 0 Å². The van der Waals surface area contributed by atoms with Crippen LogP contribution in [0.15, 0.2) is 16.8 Å². The first kappa shape index (κ1) is 11.3. The second-order valence-electron chi connectivity index (χ2n) is 5.12. The molecule has 2 amide bonds. The molecule has 2 saturated heterocycles. The molecule has 0 bridgehead atoms. The Bertz CT molecular complexity index is 461. The number of rotatable bonds is 1. The van der Waals surface area contributed by atoms with Gasteiger partial charge in [0, 0.05) is 32.1 Å². The molecular formula is C12H15N3O3. The maximum absolute atomic E-state index is 12.0. The number of hydrogen-bond donors (Lipinski definition) is 1. The fourth-order valence-corrected chi connectivity index (χ4v) is 2.77. The molecule has 0 aliphatic carbocycles. The maximum atomic E-state index is 12.0. The van der Waals surface area contributed by atoms with Crippen molar-refractivity contribution in [1.82, 2.24) is 15.4 Å². The zero-order valence-electron chi connectivity index (χ0n) is 10.0. The average Bonchev–Trinajstić information content (AvgIpc) is 3.00. The standard InChI is InChI=1S/C12H15N3O3/c16-10-7-12(8-13-10)2-5-15(6-3-12)11(17)9-1-4-14-18-9/h1,4H,2-3,5-8H2,(H,13,16). The summed E-state index contributed by atoms with van der Waals surface area (Å²) in [6.07, 6.45) is 3.80. The van der Waals surface area contributed by atoms with Crippen molar-refractivity contribution in [2.24, 2.45) is 5.41 Å². The highest BCUT2D eigenvalue weighted by atomic mass is 16.5. The third-order valence-electron chi connectivity index (χ3n) is 3.96. The van der Waals surface area contributed by atoms with Crippen molar-refractivity contribution in [2.75, 3.05) is 19.6 Å². The molecule has 3 heterocycles. The molecule has 96 valence electrons. The molecule has 1 aromatic heterocycles. The number of aromatic nitrogens is 1. The lowest BCUT2D eigenvalue weighted by Crippen LogP contribution is -2.43. The van der Waals surface area contributed by atoms with Crippen LogP contribution in [0.2, 0.25) is 0 Å². The number of nitrogens with zero attached hydrogens (tertiary/aromatic N) is 2. The van der Waals surface area contributed by atoms with Crippen LogP contribution in [0.5, 0.6) is 0 Å². The smallest absolute Gasteiger partial charge is 0.292 e. The van der Waals surface area contributed by atoms with E-state index in [2.05, 4.69) is 10.5 Å². The molecule has 1 N–H and O–H groups in total. The summed E-state index contributed by atoms with van der Waals surface area (Å²) in [6.45, 7) is 2.10. The van der Waals surface area contributed by atoms with Crippen LogP contribution in [0.3, 0.4) is 0 Å². The van der Waals surface area contributed by atoms with E-state index in [1.54, 1.807) is 11.0 Å². The van der Waals surface area contributed by atoms with E-state index in [1.807, 2.05) is 0 Å². The van der Waals surface area contributed by atoms with E-state index in [4.69, 9.17) is 4.52 Å². The largest absolute Gasteiger partial charge is 0.356 e. The van der Waals surface area contributed by atoms with Crippen LogP contribution in [0.1, 0.15) is 29.8 Å². The molecule has 6 heteroatoms. The first-order valence-electron chi connectivity index (χ1n) is 6.15. The zero-order chi connectivity index (χ0) is 12.6. The molecule has 1 aromatic rings. The molecule has 3 rings (SSSR count). The Kier molecular flexibility index (Phi) is 2.57. The Morgan fingerprint density at radius 2 is 2.22 bits per heavy atom. The van der Waals surface area contributed by atoms with Gasteiger partial charge in [-0.3, -0.25) is 9.59 Å². The topological polar surface area (TPSA) is 75.4 Å². The molecule has 0 radical (unpaired) electrons. The molecule has 0 saturated carbocycles. The third kappa shape index (κ3) is 1.87. The van der Waals surface area contributed by atoms with E-state index in [1.165, 1.54) is 6.20 Å². The van der Waals surface area contributed by atoms with Gasteiger partial charge < -0.3 is 14.7 Å². The third-order valence-corrected chi connectivity index (χ3v) is 3.96. The molecule has 18 heavy (non-hydrogen) atoms. The molecule has 0 aromatic carbocycles. The molecule has 6 nitrogen and oxygen atoms in total. The minimum atomic E-state index is -0.111. The summed E-state index contributed by atoms with van der Waals surface area (Å²) in [7, 11) is 0. The van der Waals surface area contributed by atoms with Crippen molar-refractivity contribution in [3.05, 3.63) is 18.0 Å². The second-order valence-corrected chi connectivity index (χ2v) is 5.12. The van der Waals surface area contributed by atoms with Crippen molar-refractivity contribution in [3.63, 3.8) is 0 Å². The minimum absolute atomic E-state index is 0.0648. The highest BCUT2D eigenvalue weighted by Crippen LogP contribution is 2.37. The van der Waals surface area contributed by atoms with Crippen LogP contribution in [0.25, 0.3) is 0 Å². The zero-order valence-corrected chi connectivity index (χ0v) is 10.0. The number of amides is 2. The number of hydrogen-bond acceptors (Lipinski definition) is 4. The maximum Gasteiger partial charge on any atom is 0.292 e. The SMILES string of the molecule is O=C1CC2(CCN(C(=O)c3ccno3)CC2)CN1. The van der Waals surface area contributed by atoms with Crippen LogP contribution < -0.4 is 5.32 Å². The second kappa shape index (κ2) is 4.12. The van der Waals surface area contributed by atoms with Crippen molar-refractivity contribution in [3.8, 4) is 0 Å². The molecule has 0 atom stereocenters. The van der Waals surface area contributed by atoms with Gasteiger partial charge in [0.25, 0.3) is 5.91 Å². The predicted octanol–water partition coefficient (Wildman–Crippen LogP) is 0.417. The van der Waals surface area contributed by atoms with E-state index in [-0.39, 0.29) is 23.0 Å². The lowest BCUT2D eigenvalue weighted by Gasteiger charge is -2.37. The van der Waals surface area contributed by atoms with Gasteiger partial charge in [-0.05, 0) is 18.3 Å². The van der Waals surface area contributed by atoms with Gasteiger partial charge in [-0.2, -0.15) is 0 Å². The highest BCUT2D eigenvalue weighted by molar-refractivity contribution is 5.91. The minimum Gasteiger partial charge on any atom is -0.356 e. The van der Waals surface area contributed by atoms with Gasteiger partial charge in [-0.1, -0.05) is 5.16 Å². The van der Waals surface area contributed by atoms with Gasteiger partial charge in [-0.25, -0.2) is 0 Å². The lowest BCUT2D eigenvalue weighted by atomic mass is 9.77. The predicted molar refractivity (Wildman–Crippen MR) is 61.7 cm³/mol. The summed E-state index contributed by atoms with van der Waals surface area (Å²) >= 11 is 0. The van der Waals surface area contributed by atoms with Gasteiger partial charge in [-0.15, -0.1) is 0 Å². The Hall–Kier alpha value is -1.85. The number of carbonyl (C=O) groups excluding carboxylic acids is 2. The van der Waals surface area contributed by atoms with Crippen LogP contribution >= 0.6 is 0 Å². The summed E-state index contributed by atoms with van der Waals surface area (Å²) in [5.41, 5.74) is 0.0648. The summed E-state index contributed by atoms with van der Waals surface area (Å²) in [5.74, 6) is 0.302. The normalized spacial score (nSPS) is 22.2. The quantitative estimate of drug-likeness (QED) is 0.782. The Morgan fingerprint density at radius 3 is 2.78 bits per heavy atom. The van der Waals surface area contributed by atoms with E-state index in [9.17, 15) is 9.59 Å². The van der Waals surface area contributed by atoms with Crippen molar-refractivity contribution < 1.29 is 14.1 Å². The van der Waals surface area contributed by atoms with Crippen molar-refractivity contribution in [1.29, 1.82) is 0 Å². The van der Waals surface area contributed by atoms with Gasteiger partial charge in [0.05, 0.1) is 6.20 Å². The molecule has 2 aliphatic heterocycles. The van der Waals surface area contributed by atoms with E-state index < -0.39 is 0 Å². The summed E-state index contributed by atoms with van der Waals surface area (Å²) in [5, 5.41) is 6.42. The fraction of sp³-hybridized carbons (Fsp3) is 0.583. The highest BCUT2D eigenvalue weighted by Gasteiger charge is 2.41. The Morgan fingerprint density at radius 1 is 1.44 bits per heavy atom. The summed E-state index contributed by atoms with van der Waals surface area (Å²) < 4.78 is 4.87. The van der Waals surface area contributed by atoms with Gasteiger partial charge in [0.2, 0.25) is 11.7 Å². The van der Waals surface area contributed by atoms with E-state index in [0.717, 1.165) is 19.4 Å². The van der Waals surface area contributed by atoms with Gasteiger partial charge in [0.15, 0.2) is 0 Å². The van der Waals surface area contributed by atoms with E-state index in [0.29, 0.717) is 19.5 Å². The van der Waals surface area contributed by atoms with Crippen LogP contribution in [0, 0.1) is 5.41 Å². The lowest BCUT2D eigenvalue weighted by molar-refractivity contribution is -0.119. The van der Waals surface area contributed by atoms with Gasteiger partial charge >= 0.3 is 0 Å². The van der Waals surface area contributed by atoms with Crippen LogP contribution in [0.4, 0.5) is 0 Å². The number of likely N-dealkylation sites (tertiary alicyclic amines) is 1. The summed E-state index contributed by atoms with van der Waals surface area (Å²) in [6, 6.07) is 1.58. The molecule has 2 aliphatic rings. The summed E-state index contributed by atoms with van der Waals surface area (Å²) in [4.78, 5) is 25.1. The Balaban J connectivity index is 1.64. The first-order valence-corrected chi connectivity index (χ1v) is 6.15. The van der Waals surface area contributed by atoms with Crippen molar-refractivity contribution >= 4 is 11.8 Å². The number of carbonyl (C=O) groups is 2. The molecule has 2 fully saturated rings. The first-order chi connectivity index (χ1) is 8.69. The molecule has 0 unspecified atom stereocenters. The van der Waals surface area contributed by atoms with Crippen LogP contribution in [-0.2, 0) is 4.79 Å². The Labute approximate surface area is 104 Å². The van der Waals surface area contributed by atoms with Gasteiger partial charge in [0.1, 0.15) is 0 Å². The van der Waals surface area contributed by atoms with Crippen molar-refractivity contribution in [2.45, 2.75) is 19.3 Å². The fourth-order valence-electron chi connectivity index (χ4n) is 2.77.